The summed E-state index contributed by atoms with van der Waals surface area (Å²) >= 11 is 0. The third kappa shape index (κ3) is 2.65. The molecule has 1 aliphatic rings. The van der Waals surface area contributed by atoms with E-state index in [9.17, 15) is 8.78 Å². The predicted molar refractivity (Wildman–Crippen MR) is 76.2 cm³/mol. The van der Waals surface area contributed by atoms with Gasteiger partial charge in [0.1, 0.15) is 11.5 Å². The zero-order valence-corrected chi connectivity index (χ0v) is 12.5. The quantitative estimate of drug-likeness (QED) is 0.757. The summed E-state index contributed by atoms with van der Waals surface area (Å²) in [5, 5.41) is 0. The number of benzene rings is 1. The summed E-state index contributed by atoms with van der Waals surface area (Å²) in [5.74, 6) is -0.399. The fourth-order valence-corrected chi connectivity index (χ4v) is 1.98. The lowest BCUT2D eigenvalue weighted by Crippen LogP contribution is -2.41. The van der Waals surface area contributed by atoms with Gasteiger partial charge >= 0.3 is 7.12 Å². The molecule has 0 aromatic heterocycles. The smallest absolute Gasteiger partial charge is 0.398 e. The van der Waals surface area contributed by atoms with Crippen molar-refractivity contribution in [1.82, 2.24) is 0 Å². The van der Waals surface area contributed by atoms with Crippen LogP contribution in [-0.2, 0) is 9.31 Å². The third-order valence-electron chi connectivity index (χ3n) is 4.08. The Hall–Kier alpha value is -1.20. The van der Waals surface area contributed by atoms with Gasteiger partial charge in [0, 0.05) is 0 Å². The minimum absolute atomic E-state index is 0.322. The first kappa shape index (κ1) is 15.2. The Morgan fingerprint density at radius 3 is 2.15 bits per heavy atom. The molecular formula is C15H19BF2O2. The number of allylic oxidation sites excluding steroid dienone is 1. The maximum Gasteiger partial charge on any atom is 0.525 e. The standard InChI is InChI=1S/C15H19BF2O2/c1-10(11-7-6-8-12(17)9-11)13(18)16-19-14(2,3)15(4,5)20-16/h6-9H,1-5H3. The molecule has 0 spiro atoms. The molecule has 0 aliphatic carbocycles. The molecular weight excluding hydrogens is 261 g/mol. The van der Waals surface area contributed by atoms with Crippen molar-refractivity contribution in [2.45, 2.75) is 45.8 Å². The van der Waals surface area contributed by atoms with Gasteiger partial charge in [-0.1, -0.05) is 12.1 Å². The van der Waals surface area contributed by atoms with Crippen LogP contribution in [0, 0.1) is 5.82 Å². The van der Waals surface area contributed by atoms with Crippen molar-refractivity contribution in [3.8, 4) is 0 Å². The van der Waals surface area contributed by atoms with Crippen molar-refractivity contribution in [2.24, 2.45) is 0 Å². The summed E-state index contributed by atoms with van der Waals surface area (Å²) in [6.07, 6.45) is 0. The summed E-state index contributed by atoms with van der Waals surface area (Å²) in [4.78, 5) is 0. The Labute approximate surface area is 118 Å². The molecule has 0 unspecified atom stereocenters. The summed E-state index contributed by atoms with van der Waals surface area (Å²) in [6.45, 7) is 9.03. The van der Waals surface area contributed by atoms with Gasteiger partial charge in [-0.15, -0.1) is 0 Å². The summed E-state index contributed by atoms with van der Waals surface area (Å²) in [7, 11) is -1.05. The molecule has 1 aromatic carbocycles. The van der Waals surface area contributed by atoms with Crippen molar-refractivity contribution in [3.05, 3.63) is 41.4 Å². The number of rotatable bonds is 2. The van der Waals surface area contributed by atoms with E-state index in [2.05, 4.69) is 0 Å². The first-order valence-corrected chi connectivity index (χ1v) is 6.62. The Morgan fingerprint density at radius 2 is 1.65 bits per heavy atom. The normalized spacial score (nSPS) is 21.9. The van der Waals surface area contributed by atoms with E-state index in [1.54, 1.807) is 19.1 Å². The van der Waals surface area contributed by atoms with Crippen LogP contribution in [0.3, 0.4) is 0 Å². The van der Waals surface area contributed by atoms with Gasteiger partial charge in [0.25, 0.3) is 0 Å². The van der Waals surface area contributed by atoms with Gasteiger partial charge in [-0.25, -0.2) is 8.78 Å². The average Bonchev–Trinajstić information content (AvgIpc) is 2.56. The highest BCUT2D eigenvalue weighted by atomic mass is 19.1. The molecule has 1 aliphatic heterocycles. The molecule has 1 fully saturated rings. The van der Waals surface area contributed by atoms with E-state index in [0.29, 0.717) is 11.1 Å². The molecule has 1 aromatic rings. The number of hydrogen-bond donors (Lipinski definition) is 0. The van der Waals surface area contributed by atoms with Crippen LogP contribution in [-0.4, -0.2) is 18.3 Å². The lowest BCUT2D eigenvalue weighted by Gasteiger charge is -2.32. The molecule has 0 bridgehead atoms. The van der Waals surface area contributed by atoms with Crippen LogP contribution < -0.4 is 0 Å². The van der Waals surface area contributed by atoms with Gasteiger partial charge in [-0.3, -0.25) is 0 Å². The minimum atomic E-state index is -1.05. The SMILES string of the molecule is CC(=C(F)B1OC(C)(C)C(C)(C)O1)c1cccc(F)c1. The number of halogens is 2. The van der Waals surface area contributed by atoms with Gasteiger partial charge in [-0.05, 0) is 57.9 Å². The summed E-state index contributed by atoms with van der Waals surface area (Å²) < 4.78 is 39.0. The highest BCUT2D eigenvalue weighted by Gasteiger charge is 2.53. The Bertz CT molecular complexity index is 537. The van der Waals surface area contributed by atoms with Crippen molar-refractivity contribution in [1.29, 1.82) is 0 Å². The van der Waals surface area contributed by atoms with Crippen LogP contribution in [0.4, 0.5) is 8.78 Å². The van der Waals surface area contributed by atoms with E-state index >= 15 is 0 Å². The van der Waals surface area contributed by atoms with Crippen molar-refractivity contribution >= 4 is 12.7 Å². The van der Waals surface area contributed by atoms with Crippen LogP contribution in [0.5, 0.6) is 0 Å². The first-order chi connectivity index (χ1) is 9.14. The lowest BCUT2D eigenvalue weighted by molar-refractivity contribution is 0.00578. The van der Waals surface area contributed by atoms with Gasteiger partial charge in [0.05, 0.1) is 11.2 Å². The molecule has 1 saturated heterocycles. The zero-order chi connectivity index (χ0) is 15.1. The monoisotopic (exact) mass is 280 g/mol. The predicted octanol–water partition coefficient (Wildman–Crippen LogP) is 4.16. The topological polar surface area (TPSA) is 18.5 Å². The molecule has 0 N–H and O–H groups in total. The molecule has 20 heavy (non-hydrogen) atoms. The highest BCUT2D eigenvalue weighted by molar-refractivity contribution is 6.55. The van der Waals surface area contributed by atoms with E-state index in [1.807, 2.05) is 27.7 Å². The highest BCUT2D eigenvalue weighted by Crippen LogP contribution is 2.40. The average molecular weight is 280 g/mol. The minimum Gasteiger partial charge on any atom is -0.398 e. The van der Waals surface area contributed by atoms with E-state index in [-0.39, 0.29) is 0 Å². The van der Waals surface area contributed by atoms with Crippen molar-refractivity contribution in [2.75, 3.05) is 0 Å². The summed E-state index contributed by atoms with van der Waals surface area (Å²) in [6, 6.07) is 5.82. The first-order valence-electron chi connectivity index (χ1n) is 6.62. The third-order valence-corrected chi connectivity index (χ3v) is 4.08. The largest absolute Gasteiger partial charge is 0.525 e. The fraction of sp³-hybridized carbons (Fsp3) is 0.467. The molecule has 0 amide bonds. The van der Waals surface area contributed by atoms with Gasteiger partial charge in [-0.2, -0.15) is 0 Å². The van der Waals surface area contributed by atoms with E-state index < -0.39 is 29.9 Å². The maximum absolute atomic E-state index is 14.5. The number of hydrogen-bond acceptors (Lipinski definition) is 2. The van der Waals surface area contributed by atoms with Gasteiger partial charge in [0.15, 0.2) is 0 Å². The lowest BCUT2D eigenvalue weighted by atomic mass is 9.83. The van der Waals surface area contributed by atoms with E-state index in [1.165, 1.54) is 12.1 Å². The van der Waals surface area contributed by atoms with E-state index in [0.717, 1.165) is 0 Å². The second-order valence-electron chi connectivity index (χ2n) is 6.07. The van der Waals surface area contributed by atoms with Crippen molar-refractivity contribution in [3.63, 3.8) is 0 Å². The van der Waals surface area contributed by atoms with Gasteiger partial charge in [0.2, 0.25) is 0 Å². The van der Waals surface area contributed by atoms with Gasteiger partial charge < -0.3 is 9.31 Å². The maximum atomic E-state index is 14.5. The Morgan fingerprint density at radius 1 is 1.10 bits per heavy atom. The molecule has 0 radical (unpaired) electrons. The molecule has 5 heteroatoms. The van der Waals surface area contributed by atoms with Crippen molar-refractivity contribution < 1.29 is 18.1 Å². The Balaban J connectivity index is 2.32. The molecule has 0 saturated carbocycles. The van der Waals surface area contributed by atoms with Crippen LogP contribution in [0.15, 0.2) is 30.0 Å². The van der Waals surface area contributed by atoms with Crippen LogP contribution >= 0.6 is 0 Å². The van der Waals surface area contributed by atoms with E-state index in [4.69, 9.17) is 9.31 Å². The fourth-order valence-electron chi connectivity index (χ4n) is 1.98. The molecule has 1 heterocycles. The second kappa shape index (κ2) is 4.97. The molecule has 108 valence electrons. The van der Waals surface area contributed by atoms with Crippen LogP contribution in [0.2, 0.25) is 0 Å². The van der Waals surface area contributed by atoms with Crippen LogP contribution in [0.1, 0.15) is 40.2 Å². The molecule has 0 atom stereocenters. The second-order valence-corrected chi connectivity index (χ2v) is 6.07. The zero-order valence-electron chi connectivity index (χ0n) is 12.5. The molecule has 2 rings (SSSR count). The summed E-state index contributed by atoms with van der Waals surface area (Å²) in [5.41, 5.74) is -0.913. The Kier molecular flexibility index (Phi) is 3.78. The molecule has 2 nitrogen and oxygen atoms in total. The van der Waals surface area contributed by atoms with Crippen LogP contribution in [0.25, 0.3) is 5.57 Å².